The first-order valence-electron chi connectivity index (χ1n) is 11.2. The van der Waals surface area contributed by atoms with Gasteiger partial charge in [0.1, 0.15) is 5.75 Å². The molecule has 0 radical (unpaired) electrons. The second kappa shape index (κ2) is 10.7. The summed E-state index contributed by atoms with van der Waals surface area (Å²) in [6.45, 7) is 6.12. The average Bonchev–Trinajstić information content (AvgIpc) is 2.80. The molecule has 1 amide bonds. The average molecular weight is 481 g/mol. The Morgan fingerprint density at radius 2 is 1.74 bits per heavy atom. The van der Waals surface area contributed by atoms with Crippen LogP contribution < -0.4 is 14.4 Å². The highest BCUT2D eigenvalue weighted by atomic mass is 32.2. The number of aryl methyl sites for hydroxylation is 2. The van der Waals surface area contributed by atoms with Gasteiger partial charge < -0.3 is 10.1 Å². The van der Waals surface area contributed by atoms with E-state index in [0.29, 0.717) is 11.3 Å². The number of nitrogens with zero attached hydrogens (tertiary/aromatic N) is 1. The van der Waals surface area contributed by atoms with Crippen LogP contribution in [0.3, 0.4) is 0 Å². The molecule has 0 saturated carbocycles. The van der Waals surface area contributed by atoms with E-state index in [9.17, 15) is 13.2 Å². The first-order chi connectivity index (χ1) is 16.1. The van der Waals surface area contributed by atoms with Crippen LogP contribution in [0.5, 0.6) is 5.75 Å². The van der Waals surface area contributed by atoms with Gasteiger partial charge in [0.05, 0.1) is 31.6 Å². The van der Waals surface area contributed by atoms with E-state index < -0.39 is 10.0 Å². The lowest BCUT2D eigenvalue weighted by molar-refractivity contribution is 0.0935. The molecular weight excluding hydrogens is 448 g/mol. The van der Waals surface area contributed by atoms with Crippen LogP contribution in [0.2, 0.25) is 0 Å². The van der Waals surface area contributed by atoms with Gasteiger partial charge in [-0.05, 0) is 72.9 Å². The smallest absolute Gasteiger partial charge is 0.251 e. The zero-order valence-electron chi connectivity index (χ0n) is 20.3. The van der Waals surface area contributed by atoms with Gasteiger partial charge in [0.15, 0.2) is 0 Å². The van der Waals surface area contributed by atoms with Gasteiger partial charge in [-0.2, -0.15) is 0 Å². The van der Waals surface area contributed by atoms with Crippen molar-refractivity contribution in [2.75, 3.05) is 17.7 Å². The summed E-state index contributed by atoms with van der Waals surface area (Å²) in [5, 5.41) is 3.09. The number of nitrogens with one attached hydrogen (secondary N) is 1. The normalized spacial score (nSPS) is 12.1. The summed E-state index contributed by atoms with van der Waals surface area (Å²) in [6, 6.07) is 20.2. The van der Waals surface area contributed by atoms with Crippen LogP contribution in [0.4, 0.5) is 5.69 Å². The highest BCUT2D eigenvalue weighted by Gasteiger charge is 2.19. The predicted octanol–water partition coefficient (Wildman–Crippen LogP) is 5.16. The van der Waals surface area contributed by atoms with Crippen LogP contribution in [0.15, 0.2) is 66.7 Å². The van der Waals surface area contributed by atoms with E-state index in [2.05, 4.69) is 5.32 Å². The van der Waals surface area contributed by atoms with Crippen LogP contribution in [0, 0.1) is 13.8 Å². The molecule has 0 aliphatic rings. The molecule has 3 aromatic rings. The number of anilines is 1. The third kappa shape index (κ3) is 6.17. The molecule has 34 heavy (non-hydrogen) atoms. The summed E-state index contributed by atoms with van der Waals surface area (Å²) in [6.07, 6.45) is 1.94. The van der Waals surface area contributed by atoms with Crippen molar-refractivity contribution in [3.05, 3.63) is 94.5 Å². The van der Waals surface area contributed by atoms with Gasteiger partial charge in [0, 0.05) is 5.56 Å². The molecule has 7 heteroatoms. The number of hydrogen-bond acceptors (Lipinski definition) is 4. The fraction of sp³-hybridized carbons (Fsp3) is 0.296. The number of rotatable bonds is 9. The number of amides is 1. The van der Waals surface area contributed by atoms with Crippen molar-refractivity contribution >= 4 is 21.6 Å². The number of carbonyl (C=O) groups excluding carboxylic acids is 1. The highest BCUT2D eigenvalue weighted by Crippen LogP contribution is 2.25. The third-order valence-electron chi connectivity index (χ3n) is 5.77. The minimum atomic E-state index is -3.47. The minimum Gasteiger partial charge on any atom is -0.496 e. The molecule has 0 aromatic heterocycles. The summed E-state index contributed by atoms with van der Waals surface area (Å²) >= 11 is 0. The van der Waals surface area contributed by atoms with Gasteiger partial charge in [0.2, 0.25) is 10.0 Å². The van der Waals surface area contributed by atoms with Crippen LogP contribution in [-0.4, -0.2) is 27.7 Å². The maximum absolute atomic E-state index is 12.9. The Hall–Kier alpha value is -3.32. The first-order valence-corrected chi connectivity index (χ1v) is 13.1. The molecule has 3 aromatic carbocycles. The molecule has 1 unspecified atom stereocenters. The number of benzene rings is 3. The van der Waals surface area contributed by atoms with Crippen molar-refractivity contribution in [2.45, 2.75) is 39.8 Å². The minimum absolute atomic E-state index is 0.126. The lowest BCUT2D eigenvalue weighted by Gasteiger charge is -2.23. The summed E-state index contributed by atoms with van der Waals surface area (Å²) in [7, 11) is -1.83. The predicted molar refractivity (Wildman–Crippen MR) is 137 cm³/mol. The lowest BCUT2D eigenvalue weighted by atomic mass is 10.0. The molecule has 3 rings (SSSR count). The van der Waals surface area contributed by atoms with Crippen molar-refractivity contribution in [3.63, 3.8) is 0 Å². The van der Waals surface area contributed by atoms with E-state index in [-0.39, 0.29) is 18.5 Å². The molecule has 0 aliphatic heterocycles. The van der Waals surface area contributed by atoms with Crippen LogP contribution in [0.1, 0.15) is 52.0 Å². The Labute approximate surface area is 202 Å². The van der Waals surface area contributed by atoms with E-state index in [0.717, 1.165) is 34.4 Å². The maximum Gasteiger partial charge on any atom is 0.251 e. The molecule has 0 spiro atoms. The van der Waals surface area contributed by atoms with Crippen molar-refractivity contribution in [3.8, 4) is 5.75 Å². The third-order valence-corrected chi connectivity index (χ3v) is 6.91. The number of sulfonamides is 1. The van der Waals surface area contributed by atoms with E-state index >= 15 is 0 Å². The molecule has 0 saturated heterocycles. The van der Waals surface area contributed by atoms with Crippen LogP contribution >= 0.6 is 0 Å². The van der Waals surface area contributed by atoms with Crippen molar-refractivity contribution < 1.29 is 17.9 Å². The first kappa shape index (κ1) is 25.3. The summed E-state index contributed by atoms with van der Waals surface area (Å²) in [5.74, 6) is 0.639. The van der Waals surface area contributed by atoms with Crippen molar-refractivity contribution in [1.29, 1.82) is 0 Å². The topological polar surface area (TPSA) is 75.7 Å². The van der Waals surface area contributed by atoms with Gasteiger partial charge in [0.25, 0.3) is 5.91 Å². The summed E-state index contributed by atoms with van der Waals surface area (Å²) in [5.41, 5.74) is 4.95. The summed E-state index contributed by atoms with van der Waals surface area (Å²) in [4.78, 5) is 12.9. The van der Waals surface area contributed by atoms with Crippen molar-refractivity contribution in [1.82, 2.24) is 5.32 Å². The Morgan fingerprint density at radius 1 is 1.03 bits per heavy atom. The Morgan fingerprint density at radius 3 is 2.29 bits per heavy atom. The van der Waals surface area contributed by atoms with Crippen molar-refractivity contribution in [2.24, 2.45) is 0 Å². The lowest BCUT2D eigenvalue weighted by Crippen LogP contribution is -2.29. The Balaban J connectivity index is 1.75. The van der Waals surface area contributed by atoms with E-state index in [1.807, 2.05) is 57.2 Å². The standard InChI is InChI=1S/C27H32N2O4S/c1-6-25(23-14-15-26(33-4)20(3)17-23)28-27(30)22-12-10-21(11-13-22)18-29(34(5,31)32)24-9-7-8-19(2)16-24/h7-17,25H,6,18H2,1-5H3,(H,28,30). The monoisotopic (exact) mass is 480 g/mol. The Kier molecular flexibility index (Phi) is 7.99. The van der Waals surface area contributed by atoms with Crippen LogP contribution in [-0.2, 0) is 16.6 Å². The van der Waals surface area contributed by atoms with E-state index in [1.54, 1.807) is 37.4 Å². The molecular formula is C27H32N2O4S. The molecule has 0 heterocycles. The number of hydrogen-bond donors (Lipinski definition) is 1. The van der Waals surface area contributed by atoms with Gasteiger partial charge in [-0.1, -0.05) is 43.3 Å². The van der Waals surface area contributed by atoms with Gasteiger partial charge in [-0.25, -0.2) is 8.42 Å². The zero-order chi connectivity index (χ0) is 24.9. The molecule has 0 fully saturated rings. The maximum atomic E-state index is 12.9. The SMILES string of the molecule is CCC(NC(=O)c1ccc(CN(c2cccc(C)c2)S(C)(=O)=O)cc1)c1ccc(OC)c(C)c1. The fourth-order valence-corrected chi connectivity index (χ4v) is 4.77. The second-order valence-electron chi connectivity index (χ2n) is 8.47. The van der Waals surface area contributed by atoms with E-state index in [4.69, 9.17) is 4.74 Å². The molecule has 1 atom stereocenters. The molecule has 0 bridgehead atoms. The molecule has 0 aliphatic carbocycles. The Bertz CT molecular complexity index is 1250. The number of methoxy groups -OCH3 is 1. The molecule has 1 N–H and O–H groups in total. The molecule has 6 nitrogen and oxygen atoms in total. The summed E-state index contributed by atoms with van der Waals surface area (Å²) < 4.78 is 31.6. The number of ether oxygens (including phenoxy) is 1. The van der Waals surface area contributed by atoms with Gasteiger partial charge in [-0.15, -0.1) is 0 Å². The quantitative estimate of drug-likeness (QED) is 0.459. The fourth-order valence-electron chi connectivity index (χ4n) is 3.89. The second-order valence-corrected chi connectivity index (χ2v) is 10.4. The van der Waals surface area contributed by atoms with Gasteiger partial charge in [-0.3, -0.25) is 9.10 Å². The van der Waals surface area contributed by atoms with E-state index in [1.165, 1.54) is 10.6 Å². The largest absolute Gasteiger partial charge is 0.496 e. The number of carbonyl (C=O) groups is 1. The zero-order valence-corrected chi connectivity index (χ0v) is 21.1. The van der Waals surface area contributed by atoms with Crippen LogP contribution in [0.25, 0.3) is 0 Å². The molecule has 180 valence electrons. The van der Waals surface area contributed by atoms with Gasteiger partial charge >= 0.3 is 0 Å². The highest BCUT2D eigenvalue weighted by molar-refractivity contribution is 7.92.